The highest BCUT2D eigenvalue weighted by Crippen LogP contribution is 2.38. The van der Waals surface area contributed by atoms with Gasteiger partial charge < -0.3 is 5.32 Å². The Hall–Kier alpha value is -3.85. The number of halogens is 2. The van der Waals surface area contributed by atoms with Gasteiger partial charge in [-0.3, -0.25) is 9.59 Å². The molecule has 0 aromatic heterocycles. The first-order valence-electron chi connectivity index (χ1n) is 11.4. The molecule has 3 aromatic carbocycles. The molecule has 36 heavy (non-hydrogen) atoms. The summed E-state index contributed by atoms with van der Waals surface area (Å²) in [6, 6.07) is 19.2. The van der Waals surface area contributed by atoms with Crippen LogP contribution in [0.25, 0.3) is 0 Å². The van der Waals surface area contributed by atoms with Gasteiger partial charge in [0, 0.05) is 18.5 Å². The minimum absolute atomic E-state index is 0.0338. The number of aryl methyl sites for hydroxylation is 1. The first kappa shape index (κ1) is 23.9. The fraction of sp³-hybridized carbons (Fsp3) is 0.185. The Balaban J connectivity index is 1.35. The summed E-state index contributed by atoms with van der Waals surface area (Å²) in [6.45, 7) is 1.96. The lowest BCUT2D eigenvalue weighted by Crippen LogP contribution is -2.25. The van der Waals surface area contributed by atoms with Gasteiger partial charge in [-0.2, -0.15) is 10.1 Å². The predicted molar refractivity (Wildman–Crippen MR) is 137 cm³/mol. The fourth-order valence-electron chi connectivity index (χ4n) is 4.07. The van der Waals surface area contributed by atoms with Crippen LogP contribution in [0.2, 0.25) is 0 Å². The molecular weight excluding hydrogens is 482 g/mol. The Labute approximate surface area is 211 Å². The number of hydrogen-bond acceptors (Lipinski definition) is 5. The van der Waals surface area contributed by atoms with Crippen LogP contribution in [0.15, 0.2) is 82.9 Å². The van der Waals surface area contributed by atoms with Gasteiger partial charge in [0.15, 0.2) is 5.17 Å². The van der Waals surface area contributed by atoms with Crippen molar-refractivity contribution in [1.29, 1.82) is 0 Å². The van der Waals surface area contributed by atoms with Crippen molar-refractivity contribution in [1.82, 2.24) is 5.01 Å². The number of nitrogens with one attached hydrogen (secondary N) is 1. The fourth-order valence-corrected chi connectivity index (χ4v) is 5.13. The number of hydrogen-bond donors (Lipinski definition) is 1. The van der Waals surface area contributed by atoms with Gasteiger partial charge >= 0.3 is 0 Å². The van der Waals surface area contributed by atoms with Gasteiger partial charge in [0.25, 0.3) is 5.91 Å². The van der Waals surface area contributed by atoms with E-state index in [-0.39, 0.29) is 30.0 Å². The van der Waals surface area contributed by atoms with E-state index in [0.717, 1.165) is 16.7 Å². The quantitative estimate of drug-likeness (QED) is 0.501. The Bertz CT molecular complexity index is 1360. The summed E-state index contributed by atoms with van der Waals surface area (Å²) in [4.78, 5) is 29.5. The van der Waals surface area contributed by atoms with Gasteiger partial charge in [-0.15, -0.1) is 0 Å². The zero-order valence-corrected chi connectivity index (χ0v) is 20.1. The Morgan fingerprint density at radius 3 is 2.31 bits per heavy atom. The zero-order valence-electron chi connectivity index (χ0n) is 19.3. The molecule has 2 aliphatic heterocycles. The zero-order chi connectivity index (χ0) is 25.2. The maximum absolute atomic E-state index is 13.6. The van der Waals surface area contributed by atoms with Crippen LogP contribution in [0.4, 0.5) is 14.5 Å². The number of anilines is 1. The molecule has 182 valence electrons. The van der Waals surface area contributed by atoms with E-state index >= 15 is 0 Å². The summed E-state index contributed by atoms with van der Waals surface area (Å²) in [5.74, 6) is -1.40. The van der Waals surface area contributed by atoms with E-state index in [0.29, 0.717) is 23.0 Å². The van der Waals surface area contributed by atoms with Crippen molar-refractivity contribution >= 4 is 40.1 Å². The Kier molecular flexibility index (Phi) is 6.65. The van der Waals surface area contributed by atoms with Crippen LogP contribution in [0.5, 0.6) is 0 Å². The molecule has 2 atom stereocenters. The first-order valence-corrected chi connectivity index (χ1v) is 12.3. The number of amidine groups is 1. The first-order chi connectivity index (χ1) is 17.4. The Morgan fingerprint density at radius 2 is 1.64 bits per heavy atom. The molecule has 0 saturated carbocycles. The molecule has 5 rings (SSSR count). The van der Waals surface area contributed by atoms with Gasteiger partial charge in [-0.25, -0.2) is 13.8 Å². The van der Waals surface area contributed by atoms with Crippen molar-refractivity contribution < 1.29 is 18.4 Å². The number of benzene rings is 3. The third-order valence-corrected chi connectivity index (χ3v) is 7.12. The van der Waals surface area contributed by atoms with E-state index in [1.54, 1.807) is 29.3 Å². The number of nitrogens with zero attached hydrogens (tertiary/aromatic N) is 3. The number of amides is 2. The maximum atomic E-state index is 13.6. The van der Waals surface area contributed by atoms with Gasteiger partial charge in [0.2, 0.25) is 5.91 Å². The molecule has 0 saturated heterocycles. The largest absolute Gasteiger partial charge is 0.326 e. The number of hydrazone groups is 1. The normalized spacial score (nSPS) is 19.3. The van der Waals surface area contributed by atoms with Crippen molar-refractivity contribution in [3.05, 3.63) is 101 Å². The van der Waals surface area contributed by atoms with Crippen molar-refractivity contribution in [3.63, 3.8) is 0 Å². The van der Waals surface area contributed by atoms with Crippen LogP contribution in [0, 0.1) is 18.6 Å². The predicted octanol–water partition coefficient (Wildman–Crippen LogP) is 5.45. The summed E-state index contributed by atoms with van der Waals surface area (Å²) in [6.07, 6.45) is 0.428. The molecular formula is C27H22F2N4O2S. The topological polar surface area (TPSA) is 74.1 Å². The lowest BCUT2D eigenvalue weighted by molar-refractivity contribution is -0.121. The van der Waals surface area contributed by atoms with Crippen LogP contribution in [0.1, 0.15) is 35.6 Å². The van der Waals surface area contributed by atoms with Crippen molar-refractivity contribution in [3.8, 4) is 0 Å². The van der Waals surface area contributed by atoms with Crippen molar-refractivity contribution in [2.45, 2.75) is 31.1 Å². The van der Waals surface area contributed by atoms with E-state index in [1.165, 1.54) is 36.0 Å². The van der Waals surface area contributed by atoms with E-state index in [2.05, 4.69) is 10.3 Å². The minimum atomic E-state index is -0.676. The summed E-state index contributed by atoms with van der Waals surface area (Å²) >= 11 is 1.18. The lowest BCUT2D eigenvalue weighted by atomic mass is 9.98. The summed E-state index contributed by atoms with van der Waals surface area (Å²) < 4.78 is 27.0. The van der Waals surface area contributed by atoms with E-state index in [9.17, 15) is 18.4 Å². The van der Waals surface area contributed by atoms with Crippen molar-refractivity contribution in [2.75, 3.05) is 5.32 Å². The van der Waals surface area contributed by atoms with Crippen LogP contribution < -0.4 is 5.32 Å². The molecule has 9 heteroatoms. The average Bonchev–Trinajstić information content (AvgIpc) is 3.45. The molecule has 0 bridgehead atoms. The lowest BCUT2D eigenvalue weighted by Gasteiger charge is -2.23. The third-order valence-electron chi connectivity index (χ3n) is 5.97. The average molecular weight is 505 g/mol. The van der Waals surface area contributed by atoms with Gasteiger partial charge in [0.1, 0.15) is 16.9 Å². The Morgan fingerprint density at radius 1 is 1.00 bits per heavy atom. The van der Waals surface area contributed by atoms with Crippen LogP contribution in [0.3, 0.4) is 0 Å². The highest BCUT2D eigenvalue weighted by atomic mass is 32.2. The number of aliphatic imine (C=N–C) groups is 1. The second-order valence-electron chi connectivity index (χ2n) is 8.63. The SMILES string of the molecule is Cc1ccc(NC(=O)C[C@@H]2SC(N3N=C(c4ccc(F)cc4)C[C@@H]3c3ccc(F)cc3)=NC2=O)cc1. The minimum Gasteiger partial charge on any atom is -0.326 e. The van der Waals surface area contributed by atoms with Gasteiger partial charge in [0.05, 0.1) is 11.8 Å². The molecule has 0 spiro atoms. The molecule has 2 heterocycles. The molecule has 1 N–H and O–H groups in total. The standard InChI is InChI=1S/C27H22F2N4O2S/c1-16-2-12-21(13-3-16)30-25(34)15-24-26(35)31-27(36-24)33-23(18-6-10-20(29)11-7-18)14-22(32-33)17-4-8-19(28)9-5-17/h2-13,23-24H,14-15H2,1H3,(H,30,34)/t23-,24+/m1/s1. The molecule has 0 unspecified atom stereocenters. The smallest absolute Gasteiger partial charge is 0.262 e. The van der Waals surface area contributed by atoms with Gasteiger partial charge in [-0.05, 0) is 54.4 Å². The van der Waals surface area contributed by atoms with Crippen LogP contribution >= 0.6 is 11.8 Å². The molecule has 0 fully saturated rings. The molecule has 0 aliphatic carbocycles. The van der Waals surface area contributed by atoms with E-state index in [4.69, 9.17) is 5.10 Å². The van der Waals surface area contributed by atoms with E-state index < -0.39 is 11.2 Å². The second kappa shape index (κ2) is 10.0. The number of carbonyl (C=O) groups excluding carboxylic acids is 2. The number of thioether (sulfide) groups is 1. The molecule has 0 radical (unpaired) electrons. The summed E-state index contributed by atoms with van der Waals surface area (Å²) in [5.41, 5.74) is 3.98. The van der Waals surface area contributed by atoms with E-state index in [1.807, 2.05) is 31.2 Å². The van der Waals surface area contributed by atoms with Crippen LogP contribution in [-0.4, -0.2) is 33.0 Å². The number of carbonyl (C=O) groups is 2. The summed E-state index contributed by atoms with van der Waals surface area (Å²) in [7, 11) is 0. The van der Waals surface area contributed by atoms with Gasteiger partial charge in [-0.1, -0.05) is 53.7 Å². The summed E-state index contributed by atoms with van der Waals surface area (Å²) in [5, 5.41) is 8.86. The highest BCUT2D eigenvalue weighted by molar-refractivity contribution is 8.15. The van der Waals surface area contributed by atoms with Crippen molar-refractivity contribution in [2.24, 2.45) is 10.1 Å². The third kappa shape index (κ3) is 5.21. The second-order valence-corrected chi connectivity index (χ2v) is 9.80. The molecule has 3 aromatic rings. The molecule has 2 aliphatic rings. The number of rotatable bonds is 5. The highest BCUT2D eigenvalue weighted by Gasteiger charge is 2.39. The maximum Gasteiger partial charge on any atom is 0.262 e. The van der Waals surface area contributed by atoms with Crippen LogP contribution in [-0.2, 0) is 9.59 Å². The molecule has 2 amide bonds. The molecule has 6 nitrogen and oxygen atoms in total. The monoisotopic (exact) mass is 504 g/mol.